The minimum absolute atomic E-state index is 0.248. The van der Waals surface area contributed by atoms with Gasteiger partial charge < -0.3 is 14.8 Å². The summed E-state index contributed by atoms with van der Waals surface area (Å²) < 4.78 is 10.5. The van der Waals surface area contributed by atoms with Gasteiger partial charge in [0.25, 0.3) is 0 Å². The molecule has 0 spiro atoms. The molecule has 0 aliphatic heterocycles. The second-order valence-corrected chi connectivity index (χ2v) is 8.50. The Labute approximate surface area is 179 Å². The standard InChI is InChI=1S/C25H33NO4/c1-6-29-23(27)18(2)16-22(26-24(28)30-25(3,4)5)17-19-12-14-21(15-13-19)20-10-8-7-9-11-20/h7-15,18,22H,6,16-17H2,1-5H3,(H,26,28)/t18?,22-/m1/s1. The number of rotatable bonds is 8. The number of hydrogen-bond acceptors (Lipinski definition) is 4. The number of nitrogens with one attached hydrogen (secondary N) is 1. The Balaban J connectivity index is 2.10. The topological polar surface area (TPSA) is 64.6 Å². The Morgan fingerprint density at radius 3 is 2.13 bits per heavy atom. The third kappa shape index (κ3) is 7.90. The van der Waals surface area contributed by atoms with E-state index < -0.39 is 11.7 Å². The summed E-state index contributed by atoms with van der Waals surface area (Å²) in [4.78, 5) is 24.4. The van der Waals surface area contributed by atoms with E-state index in [-0.39, 0.29) is 17.9 Å². The van der Waals surface area contributed by atoms with Gasteiger partial charge in [-0.25, -0.2) is 4.79 Å². The van der Waals surface area contributed by atoms with Crippen molar-refractivity contribution in [1.29, 1.82) is 0 Å². The molecule has 1 N–H and O–H groups in total. The molecule has 30 heavy (non-hydrogen) atoms. The average Bonchev–Trinajstić information content (AvgIpc) is 2.68. The van der Waals surface area contributed by atoms with E-state index in [1.165, 1.54) is 0 Å². The Hall–Kier alpha value is -2.82. The van der Waals surface area contributed by atoms with Gasteiger partial charge in [-0.15, -0.1) is 0 Å². The van der Waals surface area contributed by atoms with Crippen LogP contribution in [0.15, 0.2) is 54.6 Å². The largest absolute Gasteiger partial charge is 0.466 e. The lowest BCUT2D eigenvalue weighted by Gasteiger charge is -2.25. The number of alkyl carbamates (subject to hydrolysis) is 1. The first kappa shape index (κ1) is 23.5. The molecule has 1 unspecified atom stereocenters. The maximum atomic E-state index is 12.3. The van der Waals surface area contributed by atoms with Gasteiger partial charge in [0, 0.05) is 6.04 Å². The van der Waals surface area contributed by atoms with Gasteiger partial charge in [-0.3, -0.25) is 4.79 Å². The van der Waals surface area contributed by atoms with Crippen molar-refractivity contribution in [2.45, 2.75) is 59.1 Å². The SMILES string of the molecule is CCOC(=O)C(C)C[C@H](Cc1ccc(-c2ccccc2)cc1)NC(=O)OC(C)(C)C. The minimum Gasteiger partial charge on any atom is -0.466 e. The Kier molecular flexibility index (Phi) is 8.46. The number of hydrogen-bond donors (Lipinski definition) is 1. The fourth-order valence-electron chi connectivity index (χ4n) is 3.22. The van der Waals surface area contributed by atoms with Gasteiger partial charge >= 0.3 is 12.1 Å². The van der Waals surface area contributed by atoms with Crippen LogP contribution in [0, 0.1) is 5.92 Å². The Bertz CT molecular complexity index is 809. The van der Waals surface area contributed by atoms with Crippen LogP contribution in [0.4, 0.5) is 4.79 Å². The molecule has 5 heteroatoms. The highest BCUT2D eigenvalue weighted by Gasteiger charge is 2.24. The summed E-state index contributed by atoms with van der Waals surface area (Å²) in [6, 6.07) is 18.2. The van der Waals surface area contributed by atoms with Gasteiger partial charge in [-0.2, -0.15) is 0 Å². The highest BCUT2D eigenvalue weighted by atomic mass is 16.6. The second-order valence-electron chi connectivity index (χ2n) is 8.50. The lowest BCUT2D eigenvalue weighted by molar-refractivity contribution is -0.147. The van der Waals surface area contributed by atoms with Crippen LogP contribution in [0.1, 0.15) is 46.6 Å². The number of carbonyl (C=O) groups is 2. The van der Waals surface area contributed by atoms with E-state index in [1.54, 1.807) is 6.92 Å². The zero-order valence-corrected chi connectivity index (χ0v) is 18.6. The summed E-state index contributed by atoms with van der Waals surface area (Å²) in [5, 5.41) is 2.93. The molecule has 0 saturated carbocycles. The van der Waals surface area contributed by atoms with Crippen LogP contribution in [-0.4, -0.2) is 30.3 Å². The molecule has 2 aromatic rings. The van der Waals surface area contributed by atoms with Gasteiger partial charge in [0.2, 0.25) is 0 Å². The summed E-state index contributed by atoms with van der Waals surface area (Å²) >= 11 is 0. The van der Waals surface area contributed by atoms with Crippen molar-refractivity contribution >= 4 is 12.1 Å². The molecular weight excluding hydrogens is 378 g/mol. The summed E-state index contributed by atoms with van der Waals surface area (Å²) in [5.41, 5.74) is 2.78. The van der Waals surface area contributed by atoms with E-state index in [2.05, 4.69) is 41.7 Å². The molecular formula is C25H33NO4. The second kappa shape index (κ2) is 10.8. The maximum Gasteiger partial charge on any atom is 0.407 e. The fraction of sp³-hybridized carbons (Fsp3) is 0.440. The molecule has 0 saturated heterocycles. The van der Waals surface area contributed by atoms with Crippen LogP contribution in [0.2, 0.25) is 0 Å². The molecule has 0 aliphatic carbocycles. The van der Waals surface area contributed by atoms with E-state index in [9.17, 15) is 9.59 Å². The number of carbonyl (C=O) groups excluding carboxylic acids is 2. The number of amides is 1. The minimum atomic E-state index is -0.585. The monoisotopic (exact) mass is 411 g/mol. The summed E-state index contributed by atoms with van der Waals surface area (Å²) in [6.07, 6.45) is 0.584. The molecule has 2 rings (SSSR count). The predicted octanol–water partition coefficient (Wildman–Crippen LogP) is 5.38. The fourth-order valence-corrected chi connectivity index (χ4v) is 3.22. The van der Waals surface area contributed by atoms with Crippen LogP contribution in [0.5, 0.6) is 0 Å². The van der Waals surface area contributed by atoms with Crippen molar-refractivity contribution in [3.8, 4) is 11.1 Å². The van der Waals surface area contributed by atoms with Crippen molar-refractivity contribution < 1.29 is 19.1 Å². The van der Waals surface area contributed by atoms with Gasteiger partial charge in [-0.1, -0.05) is 61.5 Å². The Morgan fingerprint density at radius 1 is 0.967 bits per heavy atom. The van der Waals surface area contributed by atoms with E-state index in [1.807, 2.05) is 45.9 Å². The van der Waals surface area contributed by atoms with Crippen molar-refractivity contribution in [3.63, 3.8) is 0 Å². The summed E-state index contributed by atoms with van der Waals surface area (Å²) in [5.74, 6) is -0.582. The first-order valence-corrected chi connectivity index (χ1v) is 10.5. The van der Waals surface area contributed by atoms with Crippen LogP contribution in [0.3, 0.4) is 0 Å². The summed E-state index contributed by atoms with van der Waals surface area (Å²) in [6.45, 7) is 9.42. The number of ether oxygens (including phenoxy) is 2. The number of esters is 1. The lowest BCUT2D eigenvalue weighted by Crippen LogP contribution is -2.41. The average molecular weight is 412 g/mol. The van der Waals surface area contributed by atoms with Crippen LogP contribution >= 0.6 is 0 Å². The van der Waals surface area contributed by atoms with E-state index in [4.69, 9.17) is 9.47 Å². The molecule has 0 heterocycles. The zero-order valence-electron chi connectivity index (χ0n) is 18.6. The molecule has 2 aromatic carbocycles. The van der Waals surface area contributed by atoms with Crippen molar-refractivity contribution in [2.75, 3.05) is 6.61 Å². The van der Waals surface area contributed by atoms with E-state index in [0.717, 1.165) is 16.7 Å². The third-order valence-electron chi connectivity index (χ3n) is 4.59. The first-order valence-electron chi connectivity index (χ1n) is 10.5. The van der Waals surface area contributed by atoms with E-state index in [0.29, 0.717) is 19.4 Å². The Morgan fingerprint density at radius 2 is 1.57 bits per heavy atom. The van der Waals surface area contributed by atoms with E-state index >= 15 is 0 Å². The third-order valence-corrected chi connectivity index (χ3v) is 4.59. The molecule has 0 bridgehead atoms. The smallest absolute Gasteiger partial charge is 0.407 e. The molecule has 0 aromatic heterocycles. The molecule has 0 fully saturated rings. The molecule has 5 nitrogen and oxygen atoms in total. The van der Waals surface area contributed by atoms with Gasteiger partial charge in [0.15, 0.2) is 0 Å². The van der Waals surface area contributed by atoms with Gasteiger partial charge in [0.1, 0.15) is 5.60 Å². The maximum absolute atomic E-state index is 12.3. The molecule has 2 atom stereocenters. The van der Waals surface area contributed by atoms with Gasteiger partial charge in [0.05, 0.1) is 12.5 Å². The van der Waals surface area contributed by atoms with Crippen LogP contribution in [0.25, 0.3) is 11.1 Å². The van der Waals surface area contributed by atoms with Crippen LogP contribution < -0.4 is 5.32 Å². The van der Waals surface area contributed by atoms with Gasteiger partial charge in [-0.05, 0) is 57.2 Å². The number of benzene rings is 2. The predicted molar refractivity (Wildman–Crippen MR) is 119 cm³/mol. The quantitative estimate of drug-likeness (QED) is 0.593. The zero-order chi connectivity index (χ0) is 22.1. The molecule has 0 radical (unpaired) electrons. The molecule has 1 amide bonds. The van der Waals surface area contributed by atoms with Crippen molar-refractivity contribution in [3.05, 3.63) is 60.2 Å². The molecule has 0 aliphatic rings. The lowest BCUT2D eigenvalue weighted by atomic mass is 9.95. The molecule has 162 valence electrons. The highest BCUT2D eigenvalue weighted by molar-refractivity contribution is 5.72. The highest BCUT2D eigenvalue weighted by Crippen LogP contribution is 2.21. The summed E-state index contributed by atoms with van der Waals surface area (Å²) in [7, 11) is 0. The van der Waals surface area contributed by atoms with Crippen molar-refractivity contribution in [2.24, 2.45) is 5.92 Å². The van der Waals surface area contributed by atoms with Crippen molar-refractivity contribution in [1.82, 2.24) is 5.32 Å². The first-order chi connectivity index (χ1) is 14.2. The van der Waals surface area contributed by atoms with Crippen LogP contribution in [-0.2, 0) is 20.7 Å². The normalized spacial score (nSPS) is 13.2.